The molecule has 25 heavy (non-hydrogen) atoms. The monoisotopic (exact) mass is 356 g/mol. The second-order valence-corrected chi connectivity index (χ2v) is 6.31. The molecule has 0 aliphatic heterocycles. The predicted molar refractivity (Wildman–Crippen MR) is 97.9 cm³/mol. The summed E-state index contributed by atoms with van der Waals surface area (Å²) in [6.07, 6.45) is 1.64. The highest BCUT2D eigenvalue weighted by molar-refractivity contribution is 8.13. The van der Waals surface area contributed by atoms with Crippen molar-refractivity contribution in [1.29, 1.82) is 0 Å². The minimum absolute atomic E-state index is 0.0828. The molecule has 0 fully saturated rings. The zero-order chi connectivity index (χ0) is 18.0. The fourth-order valence-corrected chi connectivity index (χ4v) is 3.29. The molecule has 0 amide bonds. The molecule has 0 aliphatic carbocycles. The molecule has 3 aromatic rings. The normalized spacial score (nSPS) is 10.9. The number of aromatic nitrogens is 4. The van der Waals surface area contributed by atoms with Crippen LogP contribution in [-0.2, 0) is 19.3 Å². The molecule has 7 nitrogen and oxygen atoms in total. The highest BCUT2D eigenvalue weighted by Crippen LogP contribution is 2.20. The van der Waals surface area contributed by atoms with E-state index in [-0.39, 0.29) is 10.9 Å². The number of thioether (sulfide) groups is 1. The molecule has 1 N–H and O–H groups in total. The van der Waals surface area contributed by atoms with Gasteiger partial charge < -0.3 is 4.57 Å². The minimum Gasteiger partial charge on any atom is -0.318 e. The first-order chi connectivity index (χ1) is 12.0. The highest BCUT2D eigenvalue weighted by Gasteiger charge is 2.17. The summed E-state index contributed by atoms with van der Waals surface area (Å²) >= 11 is 1.10. The van der Waals surface area contributed by atoms with E-state index in [0.717, 1.165) is 11.8 Å². The fourth-order valence-electron chi connectivity index (χ4n) is 2.50. The Bertz CT molecular complexity index is 1060. The number of carbonyl (C=O) groups excluding carboxylic acids is 1. The standard InChI is InChI=1S/C17H16N4O3S/c1-3-9-21-12(10-25-16(23)11-7-5-4-6-8-11)18-14-13(21)15(22)19-17(24)20(14)2/h3-8H,1,9-10H2,2H3,(H,19,22,24). The van der Waals surface area contributed by atoms with E-state index < -0.39 is 11.2 Å². The highest BCUT2D eigenvalue weighted by atomic mass is 32.2. The summed E-state index contributed by atoms with van der Waals surface area (Å²) in [4.78, 5) is 42.9. The van der Waals surface area contributed by atoms with Crippen LogP contribution in [0, 0.1) is 0 Å². The molecule has 0 radical (unpaired) electrons. The zero-order valence-corrected chi connectivity index (χ0v) is 14.4. The van der Waals surface area contributed by atoms with Crippen molar-refractivity contribution >= 4 is 28.0 Å². The van der Waals surface area contributed by atoms with Gasteiger partial charge >= 0.3 is 5.69 Å². The van der Waals surface area contributed by atoms with E-state index >= 15 is 0 Å². The number of allylic oxidation sites excluding steroid dienone is 1. The number of H-pyrrole nitrogens is 1. The lowest BCUT2D eigenvalue weighted by atomic mass is 10.2. The largest absolute Gasteiger partial charge is 0.329 e. The van der Waals surface area contributed by atoms with Gasteiger partial charge in [-0.05, 0) is 0 Å². The second-order valence-electron chi connectivity index (χ2n) is 5.36. The maximum atomic E-state index is 12.3. The number of rotatable bonds is 5. The molecule has 1 aromatic carbocycles. The Morgan fingerprint density at radius 2 is 2.04 bits per heavy atom. The third-order valence-corrected chi connectivity index (χ3v) is 4.64. The number of hydrogen-bond acceptors (Lipinski definition) is 5. The van der Waals surface area contributed by atoms with Gasteiger partial charge in [-0.1, -0.05) is 48.2 Å². The van der Waals surface area contributed by atoms with E-state index in [2.05, 4.69) is 16.5 Å². The van der Waals surface area contributed by atoms with Gasteiger partial charge in [0.05, 0.1) is 5.75 Å². The van der Waals surface area contributed by atoms with Gasteiger partial charge in [0, 0.05) is 19.2 Å². The molecule has 8 heteroatoms. The fraction of sp³-hybridized carbons (Fsp3) is 0.176. The molecule has 128 valence electrons. The Hall–Kier alpha value is -2.87. The topological polar surface area (TPSA) is 89.8 Å². The molecule has 2 aromatic heterocycles. The molecule has 2 heterocycles. The summed E-state index contributed by atoms with van der Waals surface area (Å²) < 4.78 is 2.95. The van der Waals surface area contributed by atoms with Crippen molar-refractivity contribution in [3.63, 3.8) is 0 Å². The Balaban J connectivity index is 2.00. The second kappa shape index (κ2) is 6.94. The third kappa shape index (κ3) is 3.20. The first-order valence-corrected chi connectivity index (χ1v) is 8.53. The average molecular weight is 356 g/mol. The van der Waals surface area contributed by atoms with E-state index in [4.69, 9.17) is 0 Å². The summed E-state index contributed by atoms with van der Waals surface area (Å²) in [6, 6.07) is 8.94. The maximum absolute atomic E-state index is 12.3. The Labute approximate surface area is 147 Å². The van der Waals surface area contributed by atoms with Gasteiger partial charge in [-0.25, -0.2) is 9.78 Å². The minimum atomic E-state index is -0.527. The lowest BCUT2D eigenvalue weighted by molar-refractivity contribution is 0.108. The quantitative estimate of drug-likeness (QED) is 0.703. The van der Waals surface area contributed by atoms with Gasteiger partial charge in [0.25, 0.3) is 5.56 Å². The van der Waals surface area contributed by atoms with Crippen LogP contribution in [-0.4, -0.2) is 24.2 Å². The van der Waals surface area contributed by atoms with Crippen LogP contribution in [0.4, 0.5) is 0 Å². The van der Waals surface area contributed by atoms with Crippen LogP contribution >= 0.6 is 11.8 Å². The first kappa shape index (κ1) is 17.0. The Morgan fingerprint density at radius 3 is 2.72 bits per heavy atom. The van der Waals surface area contributed by atoms with Crippen molar-refractivity contribution in [2.45, 2.75) is 12.3 Å². The van der Waals surface area contributed by atoms with Crippen LogP contribution in [0.1, 0.15) is 16.2 Å². The van der Waals surface area contributed by atoms with E-state index in [1.807, 2.05) is 6.07 Å². The zero-order valence-electron chi connectivity index (χ0n) is 13.6. The summed E-state index contributed by atoms with van der Waals surface area (Å²) in [5.74, 6) is 0.819. The summed E-state index contributed by atoms with van der Waals surface area (Å²) in [6.45, 7) is 4.05. The van der Waals surface area contributed by atoms with Gasteiger partial charge in [0.15, 0.2) is 11.2 Å². The van der Waals surface area contributed by atoms with E-state index in [1.165, 1.54) is 11.6 Å². The number of nitrogens with one attached hydrogen (secondary N) is 1. The SMILES string of the molecule is C=CCn1c(CSC(=O)c2ccccc2)nc2c1c(=O)[nH]c(=O)n2C. The van der Waals surface area contributed by atoms with Gasteiger partial charge in [0.1, 0.15) is 5.82 Å². The molecule has 0 saturated heterocycles. The summed E-state index contributed by atoms with van der Waals surface area (Å²) in [5, 5.41) is -0.0828. The van der Waals surface area contributed by atoms with E-state index in [9.17, 15) is 14.4 Å². The molecule has 0 unspecified atom stereocenters. The molecular formula is C17H16N4O3S. The number of nitrogens with zero attached hydrogens (tertiary/aromatic N) is 3. The van der Waals surface area contributed by atoms with E-state index in [1.54, 1.807) is 34.9 Å². The van der Waals surface area contributed by atoms with E-state index in [0.29, 0.717) is 29.1 Å². The van der Waals surface area contributed by atoms with Crippen LogP contribution in [0.2, 0.25) is 0 Å². The van der Waals surface area contributed by atoms with Crippen LogP contribution in [0.3, 0.4) is 0 Å². The number of aryl methyl sites for hydroxylation is 1. The van der Waals surface area contributed by atoms with Crippen molar-refractivity contribution in [1.82, 2.24) is 19.1 Å². The molecule has 0 spiro atoms. The Morgan fingerprint density at radius 1 is 1.32 bits per heavy atom. The molecule has 0 atom stereocenters. The predicted octanol–water partition coefficient (Wildman–Crippen LogP) is 1.68. The number of benzene rings is 1. The molecule has 0 saturated carbocycles. The van der Waals surface area contributed by atoms with Gasteiger partial charge in [-0.3, -0.25) is 19.1 Å². The van der Waals surface area contributed by atoms with Gasteiger partial charge in [-0.15, -0.1) is 6.58 Å². The summed E-state index contributed by atoms with van der Waals surface area (Å²) in [5.41, 5.74) is 0.158. The van der Waals surface area contributed by atoms with Crippen molar-refractivity contribution in [2.75, 3.05) is 0 Å². The Kier molecular flexibility index (Phi) is 4.71. The van der Waals surface area contributed by atoms with Gasteiger partial charge in [-0.2, -0.15) is 0 Å². The smallest absolute Gasteiger partial charge is 0.318 e. The summed E-state index contributed by atoms with van der Waals surface area (Å²) in [7, 11) is 1.54. The van der Waals surface area contributed by atoms with Crippen LogP contribution in [0.15, 0.2) is 52.6 Å². The van der Waals surface area contributed by atoms with Gasteiger partial charge in [0.2, 0.25) is 5.12 Å². The molecular weight excluding hydrogens is 340 g/mol. The number of carbonyl (C=O) groups is 1. The lowest BCUT2D eigenvalue weighted by Gasteiger charge is -2.05. The first-order valence-electron chi connectivity index (χ1n) is 7.54. The maximum Gasteiger partial charge on any atom is 0.329 e. The molecule has 0 bridgehead atoms. The van der Waals surface area contributed by atoms with Crippen molar-refractivity contribution in [3.8, 4) is 0 Å². The molecule has 0 aliphatic rings. The lowest BCUT2D eigenvalue weighted by Crippen LogP contribution is -2.29. The number of hydrogen-bond donors (Lipinski definition) is 1. The van der Waals surface area contributed by atoms with Crippen molar-refractivity contribution < 1.29 is 4.79 Å². The number of fused-ring (bicyclic) bond motifs is 1. The number of aromatic amines is 1. The van der Waals surface area contributed by atoms with Crippen molar-refractivity contribution in [2.24, 2.45) is 7.05 Å². The average Bonchev–Trinajstić information content (AvgIpc) is 2.98. The van der Waals surface area contributed by atoms with Crippen molar-refractivity contribution in [3.05, 3.63) is 75.2 Å². The number of imidazole rings is 1. The third-order valence-electron chi connectivity index (χ3n) is 3.74. The van der Waals surface area contributed by atoms with Crippen LogP contribution < -0.4 is 11.2 Å². The van der Waals surface area contributed by atoms with Crippen LogP contribution in [0.25, 0.3) is 11.2 Å². The molecule has 3 rings (SSSR count). The van der Waals surface area contributed by atoms with Crippen LogP contribution in [0.5, 0.6) is 0 Å².